The molecule has 4 atom stereocenters. The Balaban J connectivity index is 1.90. The largest absolute Gasteiger partial charge is 0.490 e. The van der Waals surface area contributed by atoms with Crippen molar-refractivity contribution in [3.05, 3.63) is 59.7 Å². The van der Waals surface area contributed by atoms with Crippen molar-refractivity contribution in [3.63, 3.8) is 0 Å². The molecule has 0 bridgehead atoms. The SMILES string of the molecule is CC(C)NC(=O)Nc1ccc2c(c1)C(=O)N([C@H](C)CO)C[C@@H](C)[C@@H](CN(C)Cc1ccccc1)OCCCC[C@H](C)O2. The predicted molar refractivity (Wildman–Crippen MR) is 167 cm³/mol. The summed E-state index contributed by atoms with van der Waals surface area (Å²) in [5.74, 6) is 0.204. The highest BCUT2D eigenvalue weighted by molar-refractivity contribution is 5.99. The molecule has 0 aliphatic carbocycles. The van der Waals surface area contributed by atoms with Crippen LogP contribution in [-0.4, -0.2) is 84.5 Å². The Labute approximate surface area is 251 Å². The van der Waals surface area contributed by atoms with Gasteiger partial charge in [0, 0.05) is 43.9 Å². The van der Waals surface area contributed by atoms with Crippen molar-refractivity contribution >= 4 is 17.6 Å². The normalized spacial score (nSPS) is 21.3. The number of urea groups is 1. The molecule has 0 fully saturated rings. The minimum Gasteiger partial charge on any atom is -0.490 e. The maximum Gasteiger partial charge on any atom is 0.319 e. The number of benzene rings is 2. The van der Waals surface area contributed by atoms with E-state index < -0.39 is 6.04 Å². The van der Waals surface area contributed by atoms with Crippen molar-refractivity contribution in [2.75, 3.05) is 38.7 Å². The van der Waals surface area contributed by atoms with Crippen LogP contribution in [0.1, 0.15) is 69.8 Å². The Morgan fingerprint density at radius 1 is 1.12 bits per heavy atom. The zero-order valence-electron chi connectivity index (χ0n) is 26.1. The fraction of sp³-hybridized carbons (Fsp3) is 0.576. The van der Waals surface area contributed by atoms with E-state index in [4.69, 9.17) is 9.47 Å². The molecule has 9 nitrogen and oxygen atoms in total. The number of hydrogen-bond donors (Lipinski definition) is 3. The van der Waals surface area contributed by atoms with Crippen LogP contribution in [0.15, 0.2) is 48.5 Å². The van der Waals surface area contributed by atoms with Gasteiger partial charge in [0.15, 0.2) is 0 Å². The highest BCUT2D eigenvalue weighted by Gasteiger charge is 2.30. The topological polar surface area (TPSA) is 103 Å². The second kappa shape index (κ2) is 16.5. The first-order valence-corrected chi connectivity index (χ1v) is 15.2. The van der Waals surface area contributed by atoms with Gasteiger partial charge in [0.05, 0.1) is 30.4 Å². The van der Waals surface area contributed by atoms with Crippen LogP contribution in [0.25, 0.3) is 0 Å². The number of anilines is 1. The van der Waals surface area contributed by atoms with E-state index in [1.165, 1.54) is 5.56 Å². The molecule has 9 heteroatoms. The third kappa shape index (κ3) is 10.3. The molecule has 0 saturated carbocycles. The van der Waals surface area contributed by atoms with Crippen LogP contribution in [0.2, 0.25) is 0 Å². The van der Waals surface area contributed by atoms with Gasteiger partial charge in [0.25, 0.3) is 5.91 Å². The molecule has 3 amide bonds. The summed E-state index contributed by atoms with van der Waals surface area (Å²) in [6.07, 6.45) is 2.45. The average molecular weight is 583 g/mol. The van der Waals surface area contributed by atoms with Crippen LogP contribution in [0, 0.1) is 5.92 Å². The van der Waals surface area contributed by atoms with Gasteiger partial charge in [-0.2, -0.15) is 0 Å². The molecule has 1 aliphatic heterocycles. The number of rotatable bonds is 8. The third-order valence-corrected chi connectivity index (χ3v) is 7.52. The first-order chi connectivity index (χ1) is 20.1. The minimum absolute atomic E-state index is 0.00877. The molecule has 3 rings (SSSR count). The van der Waals surface area contributed by atoms with Crippen LogP contribution >= 0.6 is 0 Å². The number of nitrogens with zero attached hydrogens (tertiary/aromatic N) is 2. The molecule has 0 unspecified atom stereocenters. The number of carbonyl (C=O) groups excluding carboxylic acids is 2. The lowest BCUT2D eigenvalue weighted by Crippen LogP contribution is -2.47. The summed E-state index contributed by atoms with van der Waals surface area (Å²) in [6.45, 7) is 12.1. The minimum atomic E-state index is -0.429. The fourth-order valence-corrected chi connectivity index (χ4v) is 5.16. The van der Waals surface area contributed by atoms with Crippen molar-refractivity contribution < 1.29 is 24.2 Å². The Kier molecular flexibility index (Phi) is 13.1. The van der Waals surface area contributed by atoms with Gasteiger partial charge in [-0.05, 0) is 77.8 Å². The maximum absolute atomic E-state index is 14.2. The zero-order valence-corrected chi connectivity index (χ0v) is 26.1. The van der Waals surface area contributed by atoms with Gasteiger partial charge in [-0.15, -0.1) is 0 Å². The molecule has 1 aliphatic rings. The van der Waals surface area contributed by atoms with Crippen molar-refractivity contribution in [2.24, 2.45) is 5.92 Å². The number of fused-ring (bicyclic) bond motifs is 1. The smallest absolute Gasteiger partial charge is 0.319 e. The van der Waals surface area contributed by atoms with Crippen LogP contribution in [0.5, 0.6) is 5.75 Å². The molecule has 0 spiro atoms. The number of amides is 3. The molecule has 0 aromatic heterocycles. The molecule has 42 heavy (non-hydrogen) atoms. The molecule has 232 valence electrons. The number of carbonyl (C=O) groups is 2. The van der Waals surface area contributed by atoms with E-state index in [1.807, 2.05) is 45.9 Å². The van der Waals surface area contributed by atoms with Crippen molar-refractivity contribution in [1.82, 2.24) is 15.1 Å². The Hall–Kier alpha value is -3.14. The van der Waals surface area contributed by atoms with E-state index in [1.54, 1.807) is 23.1 Å². The molecule has 1 heterocycles. The van der Waals surface area contributed by atoms with E-state index >= 15 is 0 Å². The Morgan fingerprint density at radius 2 is 1.86 bits per heavy atom. The number of nitrogens with one attached hydrogen (secondary N) is 2. The second-order valence-electron chi connectivity index (χ2n) is 11.9. The van der Waals surface area contributed by atoms with E-state index in [0.717, 1.165) is 25.8 Å². The highest BCUT2D eigenvalue weighted by Crippen LogP contribution is 2.28. The van der Waals surface area contributed by atoms with Gasteiger partial charge in [0.2, 0.25) is 0 Å². The lowest BCUT2D eigenvalue weighted by molar-refractivity contribution is -0.0177. The first kappa shape index (κ1) is 33.4. The van der Waals surface area contributed by atoms with Crippen LogP contribution in [0.3, 0.4) is 0 Å². The number of aliphatic hydroxyl groups is 1. The molecule has 2 aromatic carbocycles. The highest BCUT2D eigenvalue weighted by atomic mass is 16.5. The van der Waals surface area contributed by atoms with Gasteiger partial charge >= 0.3 is 6.03 Å². The lowest BCUT2D eigenvalue weighted by Gasteiger charge is -2.36. The number of hydrogen-bond acceptors (Lipinski definition) is 6. The van der Waals surface area contributed by atoms with Crippen molar-refractivity contribution in [3.8, 4) is 5.75 Å². The molecular weight excluding hydrogens is 532 g/mol. The summed E-state index contributed by atoms with van der Waals surface area (Å²) in [5, 5.41) is 15.8. The van der Waals surface area contributed by atoms with Crippen LogP contribution in [0.4, 0.5) is 10.5 Å². The quantitative estimate of drug-likeness (QED) is 0.398. The van der Waals surface area contributed by atoms with Crippen molar-refractivity contribution in [2.45, 2.75) is 84.7 Å². The van der Waals surface area contributed by atoms with Gasteiger partial charge in [-0.1, -0.05) is 37.3 Å². The maximum atomic E-state index is 14.2. The van der Waals surface area contributed by atoms with Gasteiger partial charge in [0.1, 0.15) is 5.75 Å². The molecular formula is C33H50N4O5. The van der Waals surface area contributed by atoms with Crippen LogP contribution in [-0.2, 0) is 11.3 Å². The van der Waals surface area contributed by atoms with E-state index in [2.05, 4.69) is 41.6 Å². The number of ether oxygens (including phenoxy) is 2. The van der Waals surface area contributed by atoms with Gasteiger partial charge in [-0.3, -0.25) is 9.69 Å². The molecule has 0 saturated heterocycles. The fourth-order valence-electron chi connectivity index (χ4n) is 5.16. The van der Waals surface area contributed by atoms with Crippen LogP contribution < -0.4 is 15.4 Å². The average Bonchev–Trinajstić information content (AvgIpc) is 2.94. The van der Waals surface area contributed by atoms with E-state index in [-0.39, 0.29) is 42.7 Å². The second-order valence-corrected chi connectivity index (χ2v) is 11.9. The third-order valence-electron chi connectivity index (χ3n) is 7.52. The molecule has 2 aromatic rings. The molecule has 3 N–H and O–H groups in total. The predicted octanol–water partition coefficient (Wildman–Crippen LogP) is 5.14. The van der Waals surface area contributed by atoms with E-state index in [0.29, 0.717) is 36.7 Å². The van der Waals surface area contributed by atoms with Crippen molar-refractivity contribution in [1.29, 1.82) is 0 Å². The van der Waals surface area contributed by atoms with Gasteiger partial charge < -0.3 is 30.1 Å². The summed E-state index contributed by atoms with van der Waals surface area (Å²) in [4.78, 5) is 30.6. The number of likely N-dealkylation sites (N-methyl/N-ethyl adjacent to an activating group) is 1. The number of aliphatic hydroxyl groups excluding tert-OH is 1. The lowest BCUT2D eigenvalue weighted by atomic mass is 10.0. The van der Waals surface area contributed by atoms with E-state index in [9.17, 15) is 14.7 Å². The summed E-state index contributed by atoms with van der Waals surface area (Å²) in [7, 11) is 2.09. The standard InChI is InChI=1S/C33H50N4O5/c1-23(2)34-33(40)35-28-15-16-30-29(18-28)32(39)37(25(4)22-38)19-24(3)31(41-17-11-10-12-26(5)42-30)21-36(6)20-27-13-8-7-9-14-27/h7-9,13-16,18,23-26,31,38H,10-12,17,19-22H2,1-6H3,(H2,34,35,40)/t24-,25-,26+,31-/m1/s1. The summed E-state index contributed by atoms with van der Waals surface area (Å²) >= 11 is 0. The summed E-state index contributed by atoms with van der Waals surface area (Å²) in [5.41, 5.74) is 2.08. The summed E-state index contributed by atoms with van der Waals surface area (Å²) in [6, 6.07) is 14.7. The summed E-state index contributed by atoms with van der Waals surface area (Å²) < 4.78 is 12.7. The first-order valence-electron chi connectivity index (χ1n) is 15.2. The monoisotopic (exact) mass is 582 g/mol. The zero-order chi connectivity index (χ0) is 30.6. The Bertz CT molecular complexity index is 1130. The van der Waals surface area contributed by atoms with Gasteiger partial charge in [-0.25, -0.2) is 4.79 Å². The molecule has 0 radical (unpaired) electrons. The Morgan fingerprint density at radius 3 is 2.55 bits per heavy atom.